The van der Waals surface area contributed by atoms with Gasteiger partial charge in [0.25, 0.3) is 0 Å². The van der Waals surface area contributed by atoms with E-state index < -0.39 is 12.1 Å². The van der Waals surface area contributed by atoms with Gasteiger partial charge in [-0.05, 0) is 78.4 Å². The van der Waals surface area contributed by atoms with Gasteiger partial charge in [0.15, 0.2) is 0 Å². The van der Waals surface area contributed by atoms with Crippen LogP contribution in [0.1, 0.15) is 39.6 Å². The molecule has 4 rings (SSSR count). The Kier molecular flexibility index (Phi) is 8.15. The van der Waals surface area contributed by atoms with E-state index in [-0.39, 0.29) is 24.0 Å². The molecule has 3 N–H and O–H groups in total. The van der Waals surface area contributed by atoms with Crippen molar-refractivity contribution < 1.29 is 19.7 Å². The molecule has 0 spiro atoms. The average Bonchev–Trinajstić information content (AvgIpc) is 2.77. The van der Waals surface area contributed by atoms with Crippen molar-refractivity contribution in [2.75, 3.05) is 6.54 Å². The summed E-state index contributed by atoms with van der Waals surface area (Å²) in [5.41, 5.74) is 3.49. The van der Waals surface area contributed by atoms with Crippen LogP contribution in [0.2, 0.25) is 5.02 Å². The minimum Gasteiger partial charge on any atom is -0.478 e. The van der Waals surface area contributed by atoms with E-state index in [1.807, 2.05) is 24.3 Å². The standard InChI is InChI=1S/C25H24ClNO4.ClH/c26-20-5-1-3-17(11-20)24(28)15-27-21-9-7-16-8-10-23(14-19(16)12-21)31-22-6-2-4-18(13-22)25(29)30;/h1-6,8,10-11,13-14,21,24,27-28H,7,9,12,15H2,(H,29,30);1H/t21-,24-;/m0./s1. The maximum absolute atomic E-state index is 11.2. The summed E-state index contributed by atoms with van der Waals surface area (Å²) in [4.78, 5) is 11.2. The molecule has 0 saturated carbocycles. The SMILES string of the molecule is Cl.O=C(O)c1cccc(Oc2ccc3c(c2)C[C@@H](NC[C@H](O)c2cccc(Cl)c2)CC3)c1. The molecule has 7 heteroatoms. The number of rotatable bonds is 7. The molecule has 3 aromatic carbocycles. The van der Waals surface area contributed by atoms with Crippen LogP contribution in [0.25, 0.3) is 0 Å². The van der Waals surface area contributed by atoms with E-state index in [1.54, 1.807) is 24.3 Å². The Morgan fingerprint density at radius 1 is 1.06 bits per heavy atom. The van der Waals surface area contributed by atoms with Crippen LogP contribution >= 0.6 is 24.0 Å². The number of carboxylic acids is 1. The van der Waals surface area contributed by atoms with Crippen LogP contribution in [0.5, 0.6) is 11.5 Å². The molecule has 1 aliphatic carbocycles. The second-order valence-electron chi connectivity index (χ2n) is 7.78. The van der Waals surface area contributed by atoms with Crippen molar-refractivity contribution >= 4 is 30.0 Å². The summed E-state index contributed by atoms with van der Waals surface area (Å²) in [6.45, 7) is 0.457. The number of aryl methyl sites for hydroxylation is 1. The Bertz CT molecular complexity index is 1090. The van der Waals surface area contributed by atoms with Gasteiger partial charge in [-0.2, -0.15) is 0 Å². The van der Waals surface area contributed by atoms with E-state index in [2.05, 4.69) is 11.4 Å². The molecular weight excluding hydrogens is 449 g/mol. The number of nitrogens with one attached hydrogen (secondary N) is 1. The summed E-state index contributed by atoms with van der Waals surface area (Å²) in [7, 11) is 0. The molecule has 1 aliphatic rings. The van der Waals surface area contributed by atoms with Crippen LogP contribution in [0.3, 0.4) is 0 Å². The van der Waals surface area contributed by atoms with Gasteiger partial charge in [-0.1, -0.05) is 35.9 Å². The Balaban J connectivity index is 0.00000289. The maximum atomic E-state index is 11.2. The lowest BCUT2D eigenvalue weighted by molar-refractivity contribution is 0.0696. The number of hydrogen-bond acceptors (Lipinski definition) is 4. The van der Waals surface area contributed by atoms with Gasteiger partial charge >= 0.3 is 5.97 Å². The summed E-state index contributed by atoms with van der Waals surface area (Å²) in [5.74, 6) is 0.195. The van der Waals surface area contributed by atoms with Crippen molar-refractivity contribution in [3.63, 3.8) is 0 Å². The molecular formula is C25H25Cl2NO4. The lowest BCUT2D eigenvalue weighted by Crippen LogP contribution is -2.37. The zero-order chi connectivity index (χ0) is 21.8. The van der Waals surface area contributed by atoms with Gasteiger partial charge in [0, 0.05) is 17.6 Å². The van der Waals surface area contributed by atoms with E-state index in [1.165, 1.54) is 23.3 Å². The van der Waals surface area contributed by atoms with Crippen LogP contribution in [0, 0.1) is 0 Å². The molecule has 0 aliphatic heterocycles. The van der Waals surface area contributed by atoms with Crippen LogP contribution in [0.4, 0.5) is 0 Å². The molecule has 0 heterocycles. The van der Waals surface area contributed by atoms with Gasteiger partial charge in [0.1, 0.15) is 11.5 Å². The summed E-state index contributed by atoms with van der Waals surface area (Å²) in [6, 6.07) is 20.0. The molecule has 5 nitrogen and oxygen atoms in total. The van der Waals surface area contributed by atoms with Gasteiger partial charge in [-0.15, -0.1) is 12.4 Å². The molecule has 3 aromatic rings. The number of aromatic carboxylic acids is 1. The first kappa shape index (κ1) is 24.1. The van der Waals surface area contributed by atoms with Crippen molar-refractivity contribution in [2.45, 2.75) is 31.4 Å². The predicted molar refractivity (Wildman–Crippen MR) is 127 cm³/mol. The molecule has 0 saturated heterocycles. The number of carboxylic acid groups (broad SMARTS) is 1. The molecule has 2 atom stereocenters. The second-order valence-corrected chi connectivity index (χ2v) is 8.22. The third kappa shape index (κ3) is 6.02. The van der Waals surface area contributed by atoms with Gasteiger partial charge in [-0.3, -0.25) is 0 Å². The number of aliphatic hydroxyl groups excluding tert-OH is 1. The normalized spacial score (nSPS) is 15.9. The summed E-state index contributed by atoms with van der Waals surface area (Å²) < 4.78 is 5.90. The van der Waals surface area contributed by atoms with Gasteiger partial charge in [-0.25, -0.2) is 4.79 Å². The molecule has 0 fully saturated rings. The fourth-order valence-electron chi connectivity index (χ4n) is 3.91. The Labute approximate surface area is 198 Å². The summed E-state index contributed by atoms with van der Waals surface area (Å²) in [6.07, 6.45) is 2.17. The fourth-order valence-corrected chi connectivity index (χ4v) is 4.11. The summed E-state index contributed by atoms with van der Waals surface area (Å²) >= 11 is 6.02. The van der Waals surface area contributed by atoms with Crippen molar-refractivity contribution in [3.05, 3.63) is 94.0 Å². The molecule has 32 heavy (non-hydrogen) atoms. The number of ether oxygens (including phenoxy) is 1. The number of benzene rings is 3. The van der Waals surface area contributed by atoms with E-state index in [0.717, 1.165) is 24.8 Å². The van der Waals surface area contributed by atoms with Crippen LogP contribution < -0.4 is 10.1 Å². The maximum Gasteiger partial charge on any atom is 0.335 e. The van der Waals surface area contributed by atoms with Crippen LogP contribution in [0.15, 0.2) is 66.7 Å². The Morgan fingerprint density at radius 2 is 1.84 bits per heavy atom. The number of fused-ring (bicyclic) bond motifs is 1. The highest BCUT2D eigenvalue weighted by Gasteiger charge is 2.20. The zero-order valence-corrected chi connectivity index (χ0v) is 18.9. The van der Waals surface area contributed by atoms with Crippen molar-refractivity contribution in [1.82, 2.24) is 5.32 Å². The number of halogens is 2. The van der Waals surface area contributed by atoms with E-state index in [9.17, 15) is 9.90 Å². The highest BCUT2D eigenvalue weighted by molar-refractivity contribution is 6.30. The molecule has 0 amide bonds. The van der Waals surface area contributed by atoms with Crippen molar-refractivity contribution in [3.8, 4) is 11.5 Å². The number of hydrogen-bond donors (Lipinski definition) is 3. The lowest BCUT2D eigenvalue weighted by Gasteiger charge is -2.27. The van der Waals surface area contributed by atoms with Crippen LogP contribution in [-0.2, 0) is 12.8 Å². The predicted octanol–water partition coefficient (Wildman–Crippen LogP) is 5.43. The topological polar surface area (TPSA) is 78.8 Å². The van der Waals surface area contributed by atoms with Gasteiger partial charge < -0.3 is 20.3 Å². The lowest BCUT2D eigenvalue weighted by atomic mass is 9.88. The highest BCUT2D eigenvalue weighted by atomic mass is 35.5. The number of aliphatic hydroxyl groups is 1. The first-order chi connectivity index (χ1) is 15.0. The van der Waals surface area contributed by atoms with Crippen molar-refractivity contribution in [1.29, 1.82) is 0 Å². The van der Waals surface area contributed by atoms with Crippen LogP contribution in [-0.4, -0.2) is 28.8 Å². The largest absolute Gasteiger partial charge is 0.478 e. The average molecular weight is 474 g/mol. The highest BCUT2D eigenvalue weighted by Crippen LogP contribution is 2.29. The molecule has 0 unspecified atom stereocenters. The Morgan fingerprint density at radius 3 is 2.62 bits per heavy atom. The van der Waals surface area contributed by atoms with Gasteiger partial charge in [0.05, 0.1) is 11.7 Å². The van der Waals surface area contributed by atoms with E-state index in [4.69, 9.17) is 21.4 Å². The van der Waals surface area contributed by atoms with E-state index >= 15 is 0 Å². The van der Waals surface area contributed by atoms with Gasteiger partial charge in [0.2, 0.25) is 0 Å². The minimum atomic E-state index is -0.982. The first-order valence-corrected chi connectivity index (χ1v) is 10.7. The minimum absolute atomic E-state index is 0. The zero-order valence-electron chi connectivity index (χ0n) is 17.3. The monoisotopic (exact) mass is 473 g/mol. The quantitative estimate of drug-likeness (QED) is 0.426. The molecule has 0 radical (unpaired) electrons. The smallest absolute Gasteiger partial charge is 0.335 e. The van der Waals surface area contributed by atoms with E-state index in [0.29, 0.717) is 23.1 Å². The van der Waals surface area contributed by atoms with Crippen molar-refractivity contribution in [2.24, 2.45) is 0 Å². The molecule has 0 aromatic heterocycles. The first-order valence-electron chi connectivity index (χ1n) is 10.3. The Hall–Kier alpha value is -2.57. The summed E-state index contributed by atoms with van der Waals surface area (Å²) in [5, 5.41) is 23.7. The number of carbonyl (C=O) groups is 1. The third-order valence-corrected chi connectivity index (χ3v) is 5.79. The fraction of sp³-hybridized carbons (Fsp3) is 0.240. The molecule has 0 bridgehead atoms. The third-order valence-electron chi connectivity index (χ3n) is 5.56. The second kappa shape index (κ2) is 10.8. The molecule has 168 valence electrons.